The number of thioether (sulfide) groups is 1. The van der Waals surface area contributed by atoms with Crippen LogP contribution in [0.4, 0.5) is 10.1 Å². The molecular formula is C17H18FNS. The first-order valence-corrected chi connectivity index (χ1v) is 7.54. The van der Waals surface area contributed by atoms with Gasteiger partial charge < -0.3 is 5.32 Å². The Balaban J connectivity index is 2.15. The Kier molecular flexibility index (Phi) is 5.24. The van der Waals surface area contributed by atoms with Crippen LogP contribution in [0.5, 0.6) is 0 Å². The van der Waals surface area contributed by atoms with E-state index in [-0.39, 0.29) is 11.9 Å². The molecule has 0 aliphatic carbocycles. The van der Waals surface area contributed by atoms with Gasteiger partial charge in [-0.3, -0.25) is 0 Å². The van der Waals surface area contributed by atoms with E-state index in [1.165, 1.54) is 11.0 Å². The first kappa shape index (κ1) is 14.7. The number of nitrogens with one attached hydrogen (secondary N) is 1. The molecular weight excluding hydrogens is 269 g/mol. The minimum atomic E-state index is -0.203. The lowest BCUT2D eigenvalue weighted by Crippen LogP contribution is -2.07. The van der Waals surface area contributed by atoms with Crippen LogP contribution in [0.15, 0.2) is 66.1 Å². The zero-order valence-electron chi connectivity index (χ0n) is 11.5. The van der Waals surface area contributed by atoms with E-state index in [1.807, 2.05) is 37.3 Å². The van der Waals surface area contributed by atoms with E-state index in [1.54, 1.807) is 23.9 Å². The number of halogens is 1. The van der Waals surface area contributed by atoms with Crippen LogP contribution in [0.3, 0.4) is 0 Å². The fourth-order valence-corrected chi connectivity index (χ4v) is 2.71. The second kappa shape index (κ2) is 7.15. The minimum Gasteiger partial charge on any atom is -0.378 e. The third-order valence-electron chi connectivity index (χ3n) is 2.96. The zero-order chi connectivity index (χ0) is 14.4. The average Bonchev–Trinajstić information content (AvgIpc) is 2.46. The highest BCUT2D eigenvalue weighted by Gasteiger charge is 2.08. The average molecular weight is 287 g/mol. The Morgan fingerprint density at radius 3 is 2.80 bits per heavy atom. The van der Waals surface area contributed by atoms with E-state index in [4.69, 9.17) is 0 Å². The fourth-order valence-electron chi connectivity index (χ4n) is 1.95. The summed E-state index contributed by atoms with van der Waals surface area (Å²) < 4.78 is 13.3. The Morgan fingerprint density at radius 1 is 1.25 bits per heavy atom. The first-order valence-electron chi connectivity index (χ1n) is 6.55. The molecule has 0 radical (unpaired) electrons. The second-order valence-electron chi connectivity index (χ2n) is 4.52. The molecule has 2 aromatic rings. The van der Waals surface area contributed by atoms with Crippen LogP contribution in [0.1, 0.15) is 18.5 Å². The normalized spacial score (nSPS) is 11.9. The standard InChI is InChI=1S/C17H18FNS/c1-3-11-20-17-10-5-4-9-16(17)19-13(2)14-7-6-8-15(18)12-14/h3-10,12-13,19H,1,11H2,2H3. The molecule has 0 amide bonds. The van der Waals surface area contributed by atoms with Gasteiger partial charge in [-0.1, -0.05) is 30.3 Å². The van der Waals surface area contributed by atoms with Gasteiger partial charge in [-0.2, -0.15) is 0 Å². The highest BCUT2D eigenvalue weighted by molar-refractivity contribution is 7.99. The largest absolute Gasteiger partial charge is 0.378 e. The number of hydrogen-bond acceptors (Lipinski definition) is 2. The van der Waals surface area contributed by atoms with Gasteiger partial charge in [0.1, 0.15) is 5.82 Å². The smallest absolute Gasteiger partial charge is 0.123 e. The van der Waals surface area contributed by atoms with Crippen LogP contribution in [0.2, 0.25) is 0 Å². The van der Waals surface area contributed by atoms with Crippen molar-refractivity contribution in [3.63, 3.8) is 0 Å². The van der Waals surface area contributed by atoms with Gasteiger partial charge in [-0.05, 0) is 36.8 Å². The van der Waals surface area contributed by atoms with Gasteiger partial charge in [0, 0.05) is 22.4 Å². The number of anilines is 1. The van der Waals surface area contributed by atoms with Crippen LogP contribution in [-0.4, -0.2) is 5.75 Å². The predicted molar refractivity (Wildman–Crippen MR) is 85.8 cm³/mol. The molecule has 0 bridgehead atoms. The summed E-state index contributed by atoms with van der Waals surface area (Å²) in [6.45, 7) is 5.77. The van der Waals surface area contributed by atoms with Gasteiger partial charge in [-0.25, -0.2) is 4.39 Å². The molecule has 1 N–H and O–H groups in total. The number of hydrogen-bond donors (Lipinski definition) is 1. The highest BCUT2D eigenvalue weighted by atomic mass is 32.2. The van der Waals surface area contributed by atoms with Crippen molar-refractivity contribution in [3.05, 3.63) is 72.6 Å². The molecule has 0 heterocycles. The molecule has 2 aromatic carbocycles. The fraction of sp³-hybridized carbons (Fsp3) is 0.176. The van der Waals surface area contributed by atoms with Gasteiger partial charge >= 0.3 is 0 Å². The van der Waals surface area contributed by atoms with E-state index < -0.39 is 0 Å². The van der Waals surface area contributed by atoms with Crippen molar-refractivity contribution in [2.75, 3.05) is 11.1 Å². The molecule has 0 aliphatic rings. The number of benzene rings is 2. The molecule has 1 unspecified atom stereocenters. The highest BCUT2D eigenvalue weighted by Crippen LogP contribution is 2.30. The van der Waals surface area contributed by atoms with Crippen molar-refractivity contribution in [3.8, 4) is 0 Å². The number of para-hydroxylation sites is 1. The van der Waals surface area contributed by atoms with E-state index in [2.05, 4.69) is 18.0 Å². The van der Waals surface area contributed by atoms with Crippen molar-refractivity contribution >= 4 is 17.4 Å². The molecule has 104 valence electrons. The Bertz CT molecular complexity index is 583. The van der Waals surface area contributed by atoms with Crippen LogP contribution in [0.25, 0.3) is 0 Å². The molecule has 20 heavy (non-hydrogen) atoms. The Morgan fingerprint density at radius 2 is 2.05 bits per heavy atom. The van der Waals surface area contributed by atoms with E-state index in [9.17, 15) is 4.39 Å². The van der Waals surface area contributed by atoms with E-state index in [0.717, 1.165) is 17.0 Å². The maximum atomic E-state index is 13.3. The van der Waals surface area contributed by atoms with Crippen LogP contribution < -0.4 is 5.32 Å². The van der Waals surface area contributed by atoms with E-state index in [0.29, 0.717) is 0 Å². The summed E-state index contributed by atoms with van der Waals surface area (Å²) in [5.41, 5.74) is 2.00. The number of rotatable bonds is 6. The lowest BCUT2D eigenvalue weighted by molar-refractivity contribution is 0.623. The summed E-state index contributed by atoms with van der Waals surface area (Å²) >= 11 is 1.73. The van der Waals surface area contributed by atoms with Crippen molar-refractivity contribution in [1.29, 1.82) is 0 Å². The summed E-state index contributed by atoms with van der Waals surface area (Å²) in [7, 11) is 0. The summed E-state index contributed by atoms with van der Waals surface area (Å²) in [4.78, 5) is 1.18. The summed E-state index contributed by atoms with van der Waals surface area (Å²) in [5, 5.41) is 3.44. The predicted octanol–water partition coefficient (Wildman–Crippen LogP) is 5.28. The molecule has 0 saturated heterocycles. The lowest BCUT2D eigenvalue weighted by Gasteiger charge is -2.18. The third-order valence-corrected chi connectivity index (χ3v) is 4.03. The molecule has 1 nitrogen and oxygen atoms in total. The maximum Gasteiger partial charge on any atom is 0.123 e. The van der Waals surface area contributed by atoms with Crippen LogP contribution in [0, 0.1) is 5.82 Å². The van der Waals surface area contributed by atoms with E-state index >= 15 is 0 Å². The second-order valence-corrected chi connectivity index (χ2v) is 5.58. The molecule has 0 aromatic heterocycles. The quantitative estimate of drug-likeness (QED) is 0.573. The topological polar surface area (TPSA) is 12.0 Å². The lowest BCUT2D eigenvalue weighted by atomic mass is 10.1. The molecule has 2 rings (SSSR count). The van der Waals surface area contributed by atoms with Gasteiger partial charge in [0.05, 0.1) is 0 Å². The van der Waals surface area contributed by atoms with Crippen LogP contribution in [-0.2, 0) is 0 Å². The SMILES string of the molecule is C=CCSc1ccccc1NC(C)c1cccc(F)c1. The van der Waals surface area contributed by atoms with Crippen molar-refractivity contribution in [2.24, 2.45) is 0 Å². The first-order chi connectivity index (χ1) is 9.70. The zero-order valence-corrected chi connectivity index (χ0v) is 12.3. The minimum absolute atomic E-state index is 0.0520. The molecule has 0 spiro atoms. The van der Waals surface area contributed by atoms with Gasteiger partial charge in [-0.15, -0.1) is 18.3 Å². The molecule has 3 heteroatoms. The summed E-state index contributed by atoms with van der Waals surface area (Å²) in [5.74, 6) is 0.665. The van der Waals surface area contributed by atoms with Crippen molar-refractivity contribution in [2.45, 2.75) is 17.9 Å². The molecule has 1 atom stereocenters. The van der Waals surface area contributed by atoms with Gasteiger partial charge in [0.15, 0.2) is 0 Å². The Labute approximate surface area is 123 Å². The molecule has 0 aliphatic heterocycles. The Hall–Kier alpha value is -1.74. The van der Waals surface area contributed by atoms with Gasteiger partial charge in [0.2, 0.25) is 0 Å². The maximum absolute atomic E-state index is 13.3. The monoisotopic (exact) mass is 287 g/mol. The van der Waals surface area contributed by atoms with Crippen molar-refractivity contribution in [1.82, 2.24) is 0 Å². The van der Waals surface area contributed by atoms with Gasteiger partial charge in [0.25, 0.3) is 0 Å². The van der Waals surface area contributed by atoms with Crippen molar-refractivity contribution < 1.29 is 4.39 Å². The summed E-state index contributed by atoms with van der Waals surface area (Å²) in [6.07, 6.45) is 1.89. The third kappa shape index (κ3) is 3.87. The van der Waals surface area contributed by atoms with Crippen LogP contribution >= 0.6 is 11.8 Å². The summed E-state index contributed by atoms with van der Waals surface area (Å²) in [6, 6.07) is 14.9. The molecule has 0 saturated carbocycles. The molecule has 0 fully saturated rings.